The van der Waals surface area contributed by atoms with Gasteiger partial charge in [0.2, 0.25) is 11.8 Å². The number of hydrogen-bond acceptors (Lipinski definition) is 7. The van der Waals surface area contributed by atoms with Gasteiger partial charge in [0, 0.05) is 44.9 Å². The lowest BCUT2D eigenvalue weighted by molar-refractivity contribution is -0.144. The zero-order valence-corrected chi connectivity index (χ0v) is 20.6. The SMILES string of the molecule is CCC(C)N(CC(=O)N1CCCN(c2ccc(-c3ccc(OC)cc3)nn2)CC1)C(=O)COC. The Morgan fingerprint density at radius 2 is 1.79 bits per heavy atom. The van der Waals surface area contributed by atoms with Crippen LogP contribution in [0.15, 0.2) is 36.4 Å². The number of benzene rings is 1. The smallest absolute Gasteiger partial charge is 0.249 e. The van der Waals surface area contributed by atoms with Crippen LogP contribution in [0, 0.1) is 0 Å². The van der Waals surface area contributed by atoms with E-state index in [0.29, 0.717) is 19.6 Å². The Labute approximate surface area is 201 Å². The van der Waals surface area contributed by atoms with E-state index in [1.54, 1.807) is 12.0 Å². The predicted octanol–water partition coefficient (Wildman–Crippen LogP) is 2.46. The Kier molecular flexibility index (Phi) is 9.21. The molecule has 1 aliphatic rings. The molecule has 0 aliphatic carbocycles. The molecule has 3 rings (SSSR count). The molecular weight excluding hydrogens is 434 g/mol. The summed E-state index contributed by atoms with van der Waals surface area (Å²) < 4.78 is 10.2. The van der Waals surface area contributed by atoms with Gasteiger partial charge < -0.3 is 24.2 Å². The van der Waals surface area contributed by atoms with E-state index >= 15 is 0 Å². The van der Waals surface area contributed by atoms with Gasteiger partial charge in [0.25, 0.3) is 0 Å². The topological polar surface area (TPSA) is 88.1 Å². The maximum atomic E-state index is 13.0. The van der Waals surface area contributed by atoms with Crippen molar-refractivity contribution in [1.29, 1.82) is 0 Å². The van der Waals surface area contributed by atoms with E-state index < -0.39 is 0 Å². The summed E-state index contributed by atoms with van der Waals surface area (Å²) in [6.45, 7) is 6.71. The van der Waals surface area contributed by atoms with E-state index in [2.05, 4.69) is 15.1 Å². The monoisotopic (exact) mass is 469 g/mol. The first kappa shape index (κ1) is 25.4. The summed E-state index contributed by atoms with van der Waals surface area (Å²) in [4.78, 5) is 31.1. The zero-order chi connectivity index (χ0) is 24.5. The van der Waals surface area contributed by atoms with Crippen molar-refractivity contribution in [3.63, 3.8) is 0 Å². The van der Waals surface area contributed by atoms with Crippen molar-refractivity contribution in [1.82, 2.24) is 20.0 Å². The summed E-state index contributed by atoms with van der Waals surface area (Å²) in [6, 6.07) is 11.6. The Morgan fingerprint density at radius 3 is 2.41 bits per heavy atom. The Morgan fingerprint density at radius 1 is 1.03 bits per heavy atom. The van der Waals surface area contributed by atoms with E-state index in [4.69, 9.17) is 9.47 Å². The first-order valence-corrected chi connectivity index (χ1v) is 11.8. The molecule has 1 aliphatic heterocycles. The highest BCUT2D eigenvalue weighted by atomic mass is 16.5. The molecule has 2 heterocycles. The third-order valence-electron chi connectivity index (χ3n) is 6.23. The van der Waals surface area contributed by atoms with E-state index in [-0.39, 0.29) is 31.0 Å². The van der Waals surface area contributed by atoms with Crippen LogP contribution in [0.2, 0.25) is 0 Å². The van der Waals surface area contributed by atoms with Crippen LogP contribution in [0.25, 0.3) is 11.3 Å². The summed E-state index contributed by atoms with van der Waals surface area (Å²) in [5.74, 6) is 1.40. The van der Waals surface area contributed by atoms with Crippen LogP contribution < -0.4 is 9.64 Å². The van der Waals surface area contributed by atoms with Gasteiger partial charge in [-0.1, -0.05) is 6.92 Å². The first-order chi connectivity index (χ1) is 16.5. The number of aromatic nitrogens is 2. The summed E-state index contributed by atoms with van der Waals surface area (Å²) in [6.07, 6.45) is 1.60. The summed E-state index contributed by atoms with van der Waals surface area (Å²) in [5.41, 5.74) is 1.77. The molecule has 0 N–H and O–H groups in total. The van der Waals surface area contributed by atoms with Crippen LogP contribution >= 0.6 is 0 Å². The van der Waals surface area contributed by atoms with Crippen molar-refractivity contribution >= 4 is 17.6 Å². The Balaban J connectivity index is 1.60. The van der Waals surface area contributed by atoms with E-state index in [9.17, 15) is 9.59 Å². The molecule has 0 bridgehead atoms. The fourth-order valence-electron chi connectivity index (χ4n) is 3.97. The number of hydrogen-bond donors (Lipinski definition) is 0. The van der Waals surface area contributed by atoms with Crippen LogP contribution in [-0.2, 0) is 14.3 Å². The van der Waals surface area contributed by atoms with Crippen molar-refractivity contribution in [3.8, 4) is 17.0 Å². The molecule has 9 heteroatoms. The number of anilines is 1. The number of ether oxygens (including phenoxy) is 2. The summed E-state index contributed by atoms with van der Waals surface area (Å²) in [5, 5.41) is 8.83. The van der Waals surface area contributed by atoms with Gasteiger partial charge in [-0.15, -0.1) is 10.2 Å². The lowest BCUT2D eigenvalue weighted by Crippen LogP contribution is -2.48. The molecule has 9 nitrogen and oxygen atoms in total. The van der Waals surface area contributed by atoms with Gasteiger partial charge >= 0.3 is 0 Å². The predicted molar refractivity (Wildman–Crippen MR) is 131 cm³/mol. The van der Waals surface area contributed by atoms with Gasteiger partial charge in [-0.25, -0.2) is 0 Å². The lowest BCUT2D eigenvalue weighted by Gasteiger charge is -2.30. The van der Waals surface area contributed by atoms with Crippen LogP contribution in [0.5, 0.6) is 5.75 Å². The van der Waals surface area contributed by atoms with Crippen molar-refractivity contribution in [3.05, 3.63) is 36.4 Å². The number of amides is 2. The van der Waals surface area contributed by atoms with Gasteiger partial charge in [-0.05, 0) is 56.2 Å². The van der Waals surface area contributed by atoms with Crippen LogP contribution in [0.3, 0.4) is 0 Å². The molecule has 1 saturated heterocycles. The fraction of sp³-hybridized carbons (Fsp3) is 0.520. The first-order valence-electron chi connectivity index (χ1n) is 11.8. The van der Waals surface area contributed by atoms with Gasteiger partial charge in [0.05, 0.1) is 12.8 Å². The second-order valence-electron chi connectivity index (χ2n) is 8.44. The Bertz CT molecular complexity index is 935. The molecule has 1 fully saturated rings. The third-order valence-corrected chi connectivity index (χ3v) is 6.23. The van der Waals surface area contributed by atoms with Crippen molar-refractivity contribution in [2.45, 2.75) is 32.7 Å². The molecule has 0 saturated carbocycles. The van der Waals surface area contributed by atoms with Crippen molar-refractivity contribution in [2.24, 2.45) is 0 Å². The van der Waals surface area contributed by atoms with Crippen LogP contribution in [0.4, 0.5) is 5.82 Å². The van der Waals surface area contributed by atoms with E-state index in [1.165, 1.54) is 7.11 Å². The van der Waals surface area contributed by atoms with Crippen LogP contribution in [0.1, 0.15) is 26.7 Å². The highest BCUT2D eigenvalue weighted by Gasteiger charge is 2.26. The lowest BCUT2D eigenvalue weighted by atomic mass is 10.1. The molecule has 184 valence electrons. The largest absolute Gasteiger partial charge is 0.497 e. The minimum atomic E-state index is -0.158. The second-order valence-corrected chi connectivity index (χ2v) is 8.44. The molecule has 1 unspecified atom stereocenters. The summed E-state index contributed by atoms with van der Waals surface area (Å²) in [7, 11) is 3.13. The summed E-state index contributed by atoms with van der Waals surface area (Å²) >= 11 is 0. The van der Waals surface area contributed by atoms with Gasteiger partial charge in [-0.3, -0.25) is 9.59 Å². The molecule has 1 aromatic heterocycles. The standard InChI is InChI=1S/C25H35N5O4/c1-5-19(2)30(25(32)18-33-3)17-24(31)29-14-6-13-28(15-16-29)23-12-11-22(26-27-23)20-7-9-21(34-4)10-8-20/h7-12,19H,5-6,13-18H2,1-4H3. The Hall–Kier alpha value is -3.20. The van der Waals surface area contributed by atoms with E-state index in [1.807, 2.05) is 55.1 Å². The molecule has 2 amide bonds. The molecule has 1 aromatic carbocycles. The van der Waals surface area contributed by atoms with Gasteiger partial charge in [0.1, 0.15) is 18.9 Å². The van der Waals surface area contributed by atoms with Gasteiger partial charge in [-0.2, -0.15) is 0 Å². The van der Waals surface area contributed by atoms with E-state index in [0.717, 1.165) is 42.2 Å². The minimum Gasteiger partial charge on any atom is -0.497 e. The zero-order valence-electron chi connectivity index (χ0n) is 20.6. The van der Waals surface area contributed by atoms with Gasteiger partial charge in [0.15, 0.2) is 5.82 Å². The minimum absolute atomic E-state index is 0.0173. The number of methoxy groups -OCH3 is 2. The number of carbonyl (C=O) groups is 2. The molecule has 34 heavy (non-hydrogen) atoms. The van der Waals surface area contributed by atoms with Crippen LogP contribution in [-0.4, -0.2) is 91.4 Å². The number of nitrogens with zero attached hydrogens (tertiary/aromatic N) is 5. The average molecular weight is 470 g/mol. The van der Waals surface area contributed by atoms with Crippen molar-refractivity contribution in [2.75, 3.05) is 58.5 Å². The molecular formula is C25H35N5O4. The number of rotatable bonds is 9. The third kappa shape index (κ3) is 6.44. The maximum absolute atomic E-state index is 13.0. The number of carbonyl (C=O) groups excluding carboxylic acids is 2. The average Bonchev–Trinajstić information content (AvgIpc) is 3.13. The fourth-order valence-corrected chi connectivity index (χ4v) is 3.97. The quantitative estimate of drug-likeness (QED) is 0.557. The second kappa shape index (κ2) is 12.3. The normalized spacial score (nSPS) is 14.9. The molecule has 0 radical (unpaired) electrons. The van der Waals surface area contributed by atoms with Crippen molar-refractivity contribution < 1.29 is 19.1 Å². The maximum Gasteiger partial charge on any atom is 0.249 e. The molecule has 0 spiro atoms. The highest BCUT2D eigenvalue weighted by Crippen LogP contribution is 2.22. The molecule has 1 atom stereocenters. The highest BCUT2D eigenvalue weighted by molar-refractivity contribution is 5.85. The molecule has 2 aromatic rings.